The predicted octanol–water partition coefficient (Wildman–Crippen LogP) is 2.39. The Balaban J connectivity index is 1.87. The zero-order valence-electron chi connectivity index (χ0n) is 10.6. The van der Waals surface area contributed by atoms with E-state index in [9.17, 15) is 4.79 Å². The molecule has 0 aliphatic rings. The fraction of sp³-hybridized carbons (Fsp3) is 0.133. The molecular weight excluding hydrogens is 238 g/mol. The van der Waals surface area contributed by atoms with Crippen LogP contribution in [-0.4, -0.2) is 20.5 Å². The summed E-state index contributed by atoms with van der Waals surface area (Å²) in [4.78, 5) is 16.6. The Morgan fingerprint density at radius 2 is 2.05 bits per heavy atom. The summed E-state index contributed by atoms with van der Waals surface area (Å²) < 4.78 is 1.63. The highest BCUT2D eigenvalue weighted by Gasteiger charge is 2.10. The number of carbonyl (C=O) groups excluding carboxylic acids is 1. The second kappa shape index (κ2) is 4.65. The summed E-state index contributed by atoms with van der Waals surface area (Å²) in [5.41, 5.74) is 2.32. The van der Waals surface area contributed by atoms with E-state index in [0.29, 0.717) is 12.0 Å². The van der Waals surface area contributed by atoms with Crippen LogP contribution in [0, 0.1) is 0 Å². The Hall–Kier alpha value is -2.49. The van der Waals surface area contributed by atoms with Gasteiger partial charge in [0.25, 0.3) is 0 Å². The summed E-state index contributed by atoms with van der Waals surface area (Å²) in [6, 6.07) is 11.8. The first-order valence-corrected chi connectivity index (χ1v) is 6.09. The largest absolute Gasteiger partial charge is 0.294 e. The molecule has 1 aromatic carbocycles. The molecule has 0 unspecified atom stereocenters. The lowest BCUT2D eigenvalue weighted by molar-refractivity contribution is 0.0992. The number of nitrogens with zero attached hydrogens (tertiary/aromatic N) is 3. The SMILES string of the molecule is Cn1cc(C(=O)Cc2ccc3ccccc3n2)cn1. The van der Waals surface area contributed by atoms with Gasteiger partial charge in [0.15, 0.2) is 5.78 Å². The van der Waals surface area contributed by atoms with Gasteiger partial charge in [0.1, 0.15) is 0 Å². The van der Waals surface area contributed by atoms with E-state index < -0.39 is 0 Å². The van der Waals surface area contributed by atoms with Crippen LogP contribution >= 0.6 is 0 Å². The van der Waals surface area contributed by atoms with Crippen LogP contribution in [0.2, 0.25) is 0 Å². The van der Waals surface area contributed by atoms with Gasteiger partial charge in [-0.1, -0.05) is 24.3 Å². The van der Waals surface area contributed by atoms with Crippen molar-refractivity contribution in [3.63, 3.8) is 0 Å². The van der Waals surface area contributed by atoms with E-state index >= 15 is 0 Å². The molecule has 4 nitrogen and oxygen atoms in total. The molecule has 0 bridgehead atoms. The normalized spacial score (nSPS) is 10.8. The predicted molar refractivity (Wildman–Crippen MR) is 73.0 cm³/mol. The van der Waals surface area contributed by atoms with Gasteiger partial charge in [-0.2, -0.15) is 5.10 Å². The molecule has 3 aromatic rings. The molecule has 0 amide bonds. The minimum atomic E-state index is 0.0379. The van der Waals surface area contributed by atoms with Crippen molar-refractivity contribution in [2.45, 2.75) is 6.42 Å². The Morgan fingerprint density at radius 3 is 2.84 bits per heavy atom. The van der Waals surface area contributed by atoms with Crippen LogP contribution in [0.25, 0.3) is 10.9 Å². The van der Waals surface area contributed by atoms with Crippen molar-refractivity contribution in [2.24, 2.45) is 7.05 Å². The number of hydrogen-bond acceptors (Lipinski definition) is 3. The maximum atomic E-state index is 12.1. The zero-order valence-corrected chi connectivity index (χ0v) is 10.6. The second-order valence-electron chi connectivity index (χ2n) is 4.50. The molecule has 0 spiro atoms. The Labute approximate surface area is 110 Å². The first-order chi connectivity index (χ1) is 9.22. The van der Waals surface area contributed by atoms with E-state index in [-0.39, 0.29) is 5.78 Å². The standard InChI is InChI=1S/C15H13N3O/c1-18-10-12(9-16-18)15(19)8-13-7-6-11-4-2-3-5-14(11)17-13/h2-7,9-10H,8H2,1H3. The number of ketones is 1. The van der Waals surface area contributed by atoms with Gasteiger partial charge in [-0.3, -0.25) is 14.5 Å². The van der Waals surface area contributed by atoms with Crippen LogP contribution in [0.3, 0.4) is 0 Å². The van der Waals surface area contributed by atoms with E-state index in [2.05, 4.69) is 10.1 Å². The highest BCUT2D eigenvalue weighted by atomic mass is 16.1. The molecule has 0 saturated heterocycles. The van der Waals surface area contributed by atoms with Crippen molar-refractivity contribution in [3.05, 3.63) is 60.0 Å². The van der Waals surface area contributed by atoms with Gasteiger partial charge in [0.2, 0.25) is 0 Å². The van der Waals surface area contributed by atoms with Gasteiger partial charge in [0, 0.05) is 24.3 Å². The number of benzene rings is 1. The summed E-state index contributed by atoms with van der Waals surface area (Å²) in [7, 11) is 1.80. The van der Waals surface area contributed by atoms with Crippen LogP contribution in [0.4, 0.5) is 0 Å². The summed E-state index contributed by atoms with van der Waals surface area (Å²) in [5, 5.41) is 5.09. The lowest BCUT2D eigenvalue weighted by atomic mass is 10.1. The lowest BCUT2D eigenvalue weighted by Crippen LogP contribution is -2.04. The van der Waals surface area contributed by atoms with Crippen molar-refractivity contribution in [1.29, 1.82) is 0 Å². The third-order valence-corrected chi connectivity index (χ3v) is 3.02. The Kier molecular flexibility index (Phi) is 2.83. The smallest absolute Gasteiger partial charge is 0.171 e. The first kappa shape index (κ1) is 11.6. The van der Waals surface area contributed by atoms with E-state index in [1.54, 1.807) is 24.1 Å². The van der Waals surface area contributed by atoms with Gasteiger partial charge in [-0.25, -0.2) is 0 Å². The maximum Gasteiger partial charge on any atom is 0.171 e. The van der Waals surface area contributed by atoms with Gasteiger partial charge < -0.3 is 0 Å². The molecule has 3 rings (SSSR count). The van der Waals surface area contributed by atoms with Gasteiger partial charge in [-0.15, -0.1) is 0 Å². The average molecular weight is 251 g/mol. The fourth-order valence-electron chi connectivity index (χ4n) is 2.04. The molecule has 0 aliphatic heterocycles. The van der Waals surface area contributed by atoms with Crippen LogP contribution in [-0.2, 0) is 13.5 Å². The van der Waals surface area contributed by atoms with Gasteiger partial charge >= 0.3 is 0 Å². The molecule has 4 heteroatoms. The van der Waals surface area contributed by atoms with Crippen LogP contribution in [0.1, 0.15) is 16.1 Å². The molecule has 0 fully saturated rings. The quantitative estimate of drug-likeness (QED) is 0.671. The molecular formula is C15H13N3O. The number of fused-ring (bicyclic) bond motifs is 1. The number of Topliss-reactive ketones (excluding diaryl/α,β-unsaturated/α-hetero) is 1. The van der Waals surface area contributed by atoms with Crippen LogP contribution in [0.15, 0.2) is 48.8 Å². The number of rotatable bonds is 3. The van der Waals surface area contributed by atoms with Crippen molar-refractivity contribution < 1.29 is 4.79 Å². The average Bonchev–Trinajstić information content (AvgIpc) is 2.85. The molecule has 0 aliphatic carbocycles. The minimum absolute atomic E-state index is 0.0379. The van der Waals surface area contributed by atoms with Crippen LogP contribution < -0.4 is 0 Å². The summed E-state index contributed by atoms with van der Waals surface area (Å²) in [6.07, 6.45) is 3.61. The number of pyridine rings is 1. The van der Waals surface area contributed by atoms with Gasteiger partial charge in [0.05, 0.1) is 23.7 Å². The van der Waals surface area contributed by atoms with Crippen molar-refractivity contribution in [1.82, 2.24) is 14.8 Å². The highest BCUT2D eigenvalue weighted by Crippen LogP contribution is 2.13. The second-order valence-corrected chi connectivity index (χ2v) is 4.50. The topological polar surface area (TPSA) is 47.8 Å². The van der Waals surface area contributed by atoms with Crippen molar-refractivity contribution in [2.75, 3.05) is 0 Å². The lowest BCUT2D eigenvalue weighted by Gasteiger charge is -2.01. The molecule has 0 radical (unpaired) electrons. The molecule has 0 atom stereocenters. The number of aryl methyl sites for hydroxylation is 1. The third kappa shape index (κ3) is 2.38. The van der Waals surface area contributed by atoms with E-state index in [1.807, 2.05) is 36.4 Å². The number of aromatic nitrogens is 3. The minimum Gasteiger partial charge on any atom is -0.294 e. The number of para-hydroxylation sites is 1. The van der Waals surface area contributed by atoms with E-state index in [4.69, 9.17) is 0 Å². The third-order valence-electron chi connectivity index (χ3n) is 3.02. The highest BCUT2D eigenvalue weighted by molar-refractivity contribution is 5.97. The molecule has 19 heavy (non-hydrogen) atoms. The van der Waals surface area contributed by atoms with Crippen molar-refractivity contribution >= 4 is 16.7 Å². The maximum absolute atomic E-state index is 12.1. The van der Waals surface area contributed by atoms with Crippen LogP contribution in [0.5, 0.6) is 0 Å². The first-order valence-electron chi connectivity index (χ1n) is 6.09. The Bertz CT molecular complexity index is 746. The molecule has 0 N–H and O–H groups in total. The van der Waals surface area contributed by atoms with Crippen molar-refractivity contribution in [3.8, 4) is 0 Å². The molecule has 94 valence electrons. The molecule has 0 saturated carbocycles. The number of hydrogen-bond donors (Lipinski definition) is 0. The number of carbonyl (C=O) groups is 1. The molecule has 2 aromatic heterocycles. The molecule has 2 heterocycles. The van der Waals surface area contributed by atoms with E-state index in [1.165, 1.54) is 0 Å². The van der Waals surface area contributed by atoms with Gasteiger partial charge in [-0.05, 0) is 12.1 Å². The van der Waals surface area contributed by atoms with E-state index in [0.717, 1.165) is 16.6 Å². The Morgan fingerprint density at radius 1 is 1.21 bits per heavy atom. The summed E-state index contributed by atoms with van der Waals surface area (Å²) in [5.74, 6) is 0.0379. The summed E-state index contributed by atoms with van der Waals surface area (Å²) >= 11 is 0. The fourth-order valence-corrected chi connectivity index (χ4v) is 2.04. The summed E-state index contributed by atoms with van der Waals surface area (Å²) in [6.45, 7) is 0. The zero-order chi connectivity index (χ0) is 13.2. The monoisotopic (exact) mass is 251 g/mol.